The van der Waals surface area contributed by atoms with Crippen molar-refractivity contribution < 1.29 is 23.1 Å². The molecule has 0 fully saturated rings. The molecule has 0 unspecified atom stereocenters. The minimum Gasteiger partial charge on any atom is -0.494 e. The topological polar surface area (TPSA) is 83.9 Å². The van der Waals surface area contributed by atoms with Gasteiger partial charge in [0, 0.05) is 0 Å². The van der Waals surface area contributed by atoms with Gasteiger partial charge in [-0.3, -0.25) is 9.10 Å². The molecule has 0 saturated carbocycles. The van der Waals surface area contributed by atoms with Gasteiger partial charge >= 0.3 is 5.97 Å². The van der Waals surface area contributed by atoms with E-state index in [2.05, 4.69) is 0 Å². The summed E-state index contributed by atoms with van der Waals surface area (Å²) in [6.45, 7) is 3.64. The van der Waals surface area contributed by atoms with Gasteiger partial charge in [0.1, 0.15) is 12.3 Å². The zero-order valence-electron chi connectivity index (χ0n) is 14.2. The van der Waals surface area contributed by atoms with Crippen molar-refractivity contribution in [1.82, 2.24) is 0 Å². The highest BCUT2D eigenvalue weighted by atomic mass is 32.2. The number of benzene rings is 2. The summed E-state index contributed by atoms with van der Waals surface area (Å²) in [5.74, 6) is -0.674. The van der Waals surface area contributed by atoms with Crippen LogP contribution >= 0.6 is 0 Å². The Morgan fingerprint density at radius 3 is 2.12 bits per heavy atom. The molecule has 0 aliphatic rings. The summed E-state index contributed by atoms with van der Waals surface area (Å²) < 4.78 is 32.0. The van der Waals surface area contributed by atoms with E-state index in [-0.39, 0.29) is 4.90 Å². The number of sulfonamides is 1. The number of anilines is 1. The number of hydrogen-bond donors (Lipinski definition) is 1. The molecule has 2 aromatic carbocycles. The maximum Gasteiger partial charge on any atom is 0.324 e. The molecule has 1 N–H and O–H groups in total. The monoisotopic (exact) mass is 363 g/mol. The van der Waals surface area contributed by atoms with Crippen LogP contribution in [0.3, 0.4) is 0 Å². The quantitative estimate of drug-likeness (QED) is 0.779. The second-order valence-electron chi connectivity index (χ2n) is 5.33. The summed E-state index contributed by atoms with van der Waals surface area (Å²) in [6, 6.07) is 12.7. The number of hydrogen-bond acceptors (Lipinski definition) is 4. The Morgan fingerprint density at radius 1 is 1.04 bits per heavy atom. The number of carboxylic acid groups (broad SMARTS) is 1. The fraction of sp³-hybridized carbons (Fsp3) is 0.278. The molecule has 0 atom stereocenters. The van der Waals surface area contributed by atoms with E-state index in [1.54, 1.807) is 36.4 Å². The normalized spacial score (nSPS) is 11.1. The number of aryl methyl sites for hydroxylation is 1. The summed E-state index contributed by atoms with van der Waals surface area (Å²) in [7, 11) is -4.00. The van der Waals surface area contributed by atoms with Gasteiger partial charge in [0.05, 0.1) is 17.2 Å². The predicted octanol–water partition coefficient (Wildman–Crippen LogP) is 2.93. The molecule has 2 rings (SSSR count). The van der Waals surface area contributed by atoms with Gasteiger partial charge in [-0.2, -0.15) is 0 Å². The molecule has 0 bridgehead atoms. The molecule has 0 aliphatic carbocycles. The van der Waals surface area contributed by atoms with Gasteiger partial charge in [-0.25, -0.2) is 8.42 Å². The number of nitrogens with zero attached hydrogens (tertiary/aromatic N) is 1. The zero-order valence-corrected chi connectivity index (χ0v) is 15.0. The van der Waals surface area contributed by atoms with Crippen molar-refractivity contribution in [2.75, 3.05) is 17.5 Å². The highest BCUT2D eigenvalue weighted by Crippen LogP contribution is 2.25. The van der Waals surface area contributed by atoms with E-state index in [0.29, 0.717) is 18.0 Å². The van der Waals surface area contributed by atoms with E-state index < -0.39 is 22.5 Å². The van der Waals surface area contributed by atoms with E-state index in [1.807, 2.05) is 13.8 Å². The van der Waals surface area contributed by atoms with Crippen molar-refractivity contribution in [3.63, 3.8) is 0 Å². The van der Waals surface area contributed by atoms with E-state index in [4.69, 9.17) is 9.84 Å². The average molecular weight is 363 g/mol. The number of carbonyl (C=O) groups is 1. The molecule has 0 radical (unpaired) electrons. The van der Waals surface area contributed by atoms with Crippen molar-refractivity contribution in [2.45, 2.75) is 25.2 Å². The third-order valence-electron chi connectivity index (χ3n) is 3.63. The van der Waals surface area contributed by atoms with Crippen LogP contribution in [-0.2, 0) is 21.2 Å². The second-order valence-corrected chi connectivity index (χ2v) is 7.19. The van der Waals surface area contributed by atoms with Gasteiger partial charge in [0.15, 0.2) is 0 Å². The van der Waals surface area contributed by atoms with Gasteiger partial charge in [-0.1, -0.05) is 19.1 Å². The van der Waals surface area contributed by atoms with Crippen molar-refractivity contribution in [3.05, 3.63) is 54.1 Å². The fourth-order valence-corrected chi connectivity index (χ4v) is 3.75. The van der Waals surface area contributed by atoms with Crippen LogP contribution in [0.1, 0.15) is 19.4 Å². The van der Waals surface area contributed by atoms with Crippen molar-refractivity contribution in [1.29, 1.82) is 0 Å². The summed E-state index contributed by atoms with van der Waals surface area (Å²) in [5, 5.41) is 9.14. The maximum atomic E-state index is 12.9. The Kier molecular flexibility index (Phi) is 6.03. The minimum absolute atomic E-state index is 0.0109. The average Bonchev–Trinajstić information content (AvgIpc) is 2.60. The van der Waals surface area contributed by atoms with Crippen molar-refractivity contribution in [2.24, 2.45) is 0 Å². The molecule has 0 aliphatic heterocycles. The van der Waals surface area contributed by atoms with Crippen LogP contribution in [0.4, 0.5) is 5.69 Å². The van der Waals surface area contributed by atoms with E-state index in [1.165, 1.54) is 12.1 Å². The lowest BCUT2D eigenvalue weighted by Gasteiger charge is -2.23. The largest absolute Gasteiger partial charge is 0.494 e. The second kappa shape index (κ2) is 8.02. The maximum absolute atomic E-state index is 12.9. The van der Waals surface area contributed by atoms with E-state index in [9.17, 15) is 13.2 Å². The van der Waals surface area contributed by atoms with Crippen molar-refractivity contribution in [3.8, 4) is 5.75 Å². The van der Waals surface area contributed by atoms with E-state index in [0.717, 1.165) is 16.3 Å². The summed E-state index contributed by atoms with van der Waals surface area (Å²) in [6.07, 6.45) is 0.810. The summed E-state index contributed by atoms with van der Waals surface area (Å²) in [5.41, 5.74) is 1.35. The van der Waals surface area contributed by atoms with Crippen LogP contribution < -0.4 is 9.04 Å². The van der Waals surface area contributed by atoms with Crippen LogP contribution in [0.15, 0.2) is 53.4 Å². The highest BCUT2D eigenvalue weighted by molar-refractivity contribution is 7.92. The Balaban J connectivity index is 2.41. The highest BCUT2D eigenvalue weighted by Gasteiger charge is 2.27. The molecule has 0 spiro atoms. The Bertz CT molecular complexity index is 814. The molecular weight excluding hydrogens is 342 g/mol. The van der Waals surface area contributed by atoms with Crippen LogP contribution in [0.2, 0.25) is 0 Å². The predicted molar refractivity (Wildman–Crippen MR) is 95.6 cm³/mol. The van der Waals surface area contributed by atoms with Gasteiger partial charge < -0.3 is 9.84 Å². The van der Waals surface area contributed by atoms with Gasteiger partial charge in [0.2, 0.25) is 0 Å². The summed E-state index contributed by atoms with van der Waals surface area (Å²) in [4.78, 5) is 11.2. The van der Waals surface area contributed by atoms with Crippen molar-refractivity contribution >= 4 is 21.7 Å². The fourth-order valence-electron chi connectivity index (χ4n) is 2.34. The molecule has 6 nitrogen and oxygen atoms in total. The van der Waals surface area contributed by atoms with Gasteiger partial charge in [-0.05, 0) is 55.3 Å². The first kappa shape index (κ1) is 18.8. The molecule has 0 amide bonds. The molecule has 0 aromatic heterocycles. The van der Waals surface area contributed by atoms with Crippen LogP contribution in [0.5, 0.6) is 5.75 Å². The molecule has 0 saturated heterocycles. The zero-order chi connectivity index (χ0) is 18.4. The number of rotatable bonds is 8. The van der Waals surface area contributed by atoms with Crippen LogP contribution in [0.25, 0.3) is 0 Å². The van der Waals surface area contributed by atoms with Crippen LogP contribution in [-0.4, -0.2) is 32.6 Å². The smallest absolute Gasteiger partial charge is 0.324 e. The van der Waals surface area contributed by atoms with Gasteiger partial charge in [0.25, 0.3) is 10.0 Å². The minimum atomic E-state index is -4.00. The molecule has 0 heterocycles. The van der Waals surface area contributed by atoms with Crippen LogP contribution in [0, 0.1) is 0 Å². The standard InChI is InChI=1S/C18H21NO5S/c1-3-14-5-7-15(8-6-14)19(13-18(20)21)25(22,23)17-11-9-16(10-12-17)24-4-2/h5-12H,3-4,13H2,1-2H3,(H,20,21). The Hall–Kier alpha value is -2.54. The lowest BCUT2D eigenvalue weighted by molar-refractivity contribution is -0.135. The summed E-state index contributed by atoms with van der Waals surface area (Å²) >= 11 is 0. The number of aliphatic carboxylic acids is 1. The lowest BCUT2D eigenvalue weighted by atomic mass is 10.1. The first-order valence-corrected chi connectivity index (χ1v) is 9.38. The molecule has 7 heteroatoms. The molecular formula is C18H21NO5S. The first-order valence-electron chi connectivity index (χ1n) is 7.94. The SMILES string of the molecule is CCOc1ccc(S(=O)(=O)N(CC(=O)O)c2ccc(CC)cc2)cc1. The number of ether oxygens (including phenoxy) is 1. The number of carboxylic acids is 1. The third kappa shape index (κ3) is 4.51. The first-order chi connectivity index (χ1) is 11.9. The Labute approximate surface area is 147 Å². The lowest BCUT2D eigenvalue weighted by Crippen LogP contribution is -2.35. The van der Waals surface area contributed by atoms with E-state index >= 15 is 0 Å². The Morgan fingerprint density at radius 2 is 1.64 bits per heavy atom. The van der Waals surface area contributed by atoms with Gasteiger partial charge in [-0.15, -0.1) is 0 Å². The molecule has 134 valence electrons. The third-order valence-corrected chi connectivity index (χ3v) is 5.42. The molecule has 25 heavy (non-hydrogen) atoms. The molecule has 2 aromatic rings.